The summed E-state index contributed by atoms with van der Waals surface area (Å²) in [5, 5.41) is 2.20. The van der Waals surface area contributed by atoms with Gasteiger partial charge in [-0.2, -0.15) is 0 Å². The van der Waals surface area contributed by atoms with Crippen LogP contribution in [0.1, 0.15) is 30.1 Å². The number of nitrogens with zero attached hydrogens (tertiary/aromatic N) is 4. The molecule has 0 bridgehead atoms. The molecule has 1 saturated heterocycles. The molecule has 2 aromatic heterocycles. The lowest BCUT2D eigenvalue weighted by Crippen LogP contribution is -2.26. The molecule has 1 aliphatic heterocycles. The van der Waals surface area contributed by atoms with Crippen LogP contribution in [0.4, 0.5) is 4.79 Å². The van der Waals surface area contributed by atoms with Gasteiger partial charge < -0.3 is 9.64 Å². The van der Waals surface area contributed by atoms with Crippen LogP contribution in [0.3, 0.4) is 0 Å². The largest absolute Gasteiger partial charge is 0.448 e. The zero-order chi connectivity index (χ0) is 18.7. The third-order valence-electron chi connectivity index (χ3n) is 4.75. The van der Waals surface area contributed by atoms with Crippen molar-refractivity contribution in [1.82, 2.24) is 19.8 Å². The van der Waals surface area contributed by atoms with E-state index in [2.05, 4.69) is 32.6 Å². The number of rotatable bonds is 8. The molecule has 6 nitrogen and oxygen atoms in total. The van der Waals surface area contributed by atoms with Crippen molar-refractivity contribution >= 4 is 39.4 Å². The number of amides is 1. The maximum atomic E-state index is 11.6. The summed E-state index contributed by atoms with van der Waals surface area (Å²) < 4.78 is 5.00. The van der Waals surface area contributed by atoms with Crippen molar-refractivity contribution in [3.8, 4) is 0 Å². The number of cyclic esters (lactones) is 1. The van der Waals surface area contributed by atoms with Gasteiger partial charge in [0.05, 0.1) is 13.1 Å². The summed E-state index contributed by atoms with van der Waals surface area (Å²) in [6, 6.07) is 0. The van der Waals surface area contributed by atoms with Crippen molar-refractivity contribution in [1.29, 1.82) is 0 Å². The Morgan fingerprint density at radius 1 is 1.27 bits per heavy atom. The first-order chi connectivity index (χ1) is 12.5. The SMILES string of the molecule is CCN(CC)Cc1nc(SCCN2CCOC2=O)c2c(C)c(C)sc2n1. The van der Waals surface area contributed by atoms with Gasteiger partial charge in [-0.3, -0.25) is 4.90 Å². The highest BCUT2D eigenvalue weighted by Crippen LogP contribution is 2.35. The number of thioether (sulfide) groups is 1. The summed E-state index contributed by atoms with van der Waals surface area (Å²) in [7, 11) is 0. The Bertz CT molecular complexity index is 789. The van der Waals surface area contributed by atoms with Crippen molar-refractivity contribution in [2.24, 2.45) is 0 Å². The molecule has 0 aliphatic carbocycles. The van der Waals surface area contributed by atoms with E-state index < -0.39 is 0 Å². The van der Waals surface area contributed by atoms with E-state index in [4.69, 9.17) is 14.7 Å². The molecule has 0 aromatic carbocycles. The van der Waals surface area contributed by atoms with Crippen LogP contribution in [0, 0.1) is 13.8 Å². The molecule has 1 aliphatic rings. The van der Waals surface area contributed by atoms with Crippen molar-refractivity contribution in [2.45, 2.75) is 39.3 Å². The van der Waals surface area contributed by atoms with Crippen LogP contribution in [-0.4, -0.2) is 64.4 Å². The van der Waals surface area contributed by atoms with Gasteiger partial charge in [-0.15, -0.1) is 23.1 Å². The summed E-state index contributed by atoms with van der Waals surface area (Å²) in [6.07, 6.45) is -0.205. The first kappa shape index (κ1) is 19.4. The highest BCUT2D eigenvalue weighted by molar-refractivity contribution is 7.99. The fourth-order valence-corrected chi connectivity index (χ4v) is 5.14. The van der Waals surface area contributed by atoms with Crippen molar-refractivity contribution in [3.05, 3.63) is 16.3 Å². The summed E-state index contributed by atoms with van der Waals surface area (Å²) in [4.78, 5) is 27.7. The molecule has 1 fully saturated rings. The number of aryl methyl sites for hydroxylation is 2. The Morgan fingerprint density at radius 2 is 2.04 bits per heavy atom. The number of ether oxygens (including phenoxy) is 1. The van der Waals surface area contributed by atoms with Gasteiger partial charge in [0.25, 0.3) is 0 Å². The van der Waals surface area contributed by atoms with Gasteiger partial charge in [0.15, 0.2) is 0 Å². The van der Waals surface area contributed by atoms with E-state index in [0.717, 1.165) is 41.1 Å². The van der Waals surface area contributed by atoms with Crippen LogP contribution < -0.4 is 0 Å². The van der Waals surface area contributed by atoms with Gasteiger partial charge in [-0.1, -0.05) is 13.8 Å². The molecule has 142 valence electrons. The fraction of sp³-hybridized carbons (Fsp3) is 0.611. The third kappa shape index (κ3) is 4.13. The zero-order valence-corrected chi connectivity index (χ0v) is 17.5. The summed E-state index contributed by atoms with van der Waals surface area (Å²) in [5.74, 6) is 1.69. The Morgan fingerprint density at radius 3 is 2.69 bits per heavy atom. The molecule has 8 heteroatoms. The van der Waals surface area contributed by atoms with Gasteiger partial charge in [-0.25, -0.2) is 14.8 Å². The second-order valence-electron chi connectivity index (χ2n) is 6.32. The minimum Gasteiger partial charge on any atom is -0.448 e. The summed E-state index contributed by atoms with van der Waals surface area (Å²) in [5.41, 5.74) is 1.27. The third-order valence-corrected chi connectivity index (χ3v) is 6.80. The van der Waals surface area contributed by atoms with E-state index >= 15 is 0 Å². The van der Waals surface area contributed by atoms with Crippen molar-refractivity contribution in [3.63, 3.8) is 0 Å². The minimum atomic E-state index is -0.205. The standard InChI is InChI=1S/C18H26N4O2S2/c1-5-21(6-2)11-14-19-16(15-12(3)13(4)26-17(15)20-14)25-10-8-22-7-9-24-18(22)23/h5-11H2,1-4H3. The van der Waals surface area contributed by atoms with E-state index in [1.54, 1.807) is 28.0 Å². The van der Waals surface area contributed by atoms with Gasteiger partial charge in [-0.05, 0) is 32.5 Å². The van der Waals surface area contributed by atoms with Crippen LogP contribution >= 0.6 is 23.1 Å². The van der Waals surface area contributed by atoms with Crippen molar-refractivity contribution in [2.75, 3.05) is 38.5 Å². The van der Waals surface area contributed by atoms with Crippen LogP contribution in [0.5, 0.6) is 0 Å². The predicted molar refractivity (Wildman–Crippen MR) is 107 cm³/mol. The Labute approximate surface area is 162 Å². The second kappa shape index (κ2) is 8.54. The molecule has 1 amide bonds. The Kier molecular flexibility index (Phi) is 6.37. The maximum absolute atomic E-state index is 11.6. The van der Waals surface area contributed by atoms with Gasteiger partial charge in [0, 0.05) is 22.6 Å². The number of hydrogen-bond acceptors (Lipinski definition) is 7. The number of thiophene rings is 1. The van der Waals surface area contributed by atoms with E-state index in [9.17, 15) is 4.79 Å². The fourth-order valence-electron chi connectivity index (χ4n) is 2.96. The summed E-state index contributed by atoms with van der Waals surface area (Å²) in [6.45, 7) is 13.2. The van der Waals surface area contributed by atoms with Crippen LogP contribution in [0.25, 0.3) is 10.2 Å². The Hall–Kier alpha value is -1.38. The topological polar surface area (TPSA) is 58.6 Å². The first-order valence-electron chi connectivity index (χ1n) is 9.06. The van der Waals surface area contributed by atoms with Crippen LogP contribution in [-0.2, 0) is 11.3 Å². The lowest BCUT2D eigenvalue weighted by molar-refractivity contribution is 0.160. The minimum absolute atomic E-state index is 0.205. The van der Waals surface area contributed by atoms with Crippen LogP contribution in [0.15, 0.2) is 5.03 Å². The monoisotopic (exact) mass is 394 g/mol. The van der Waals surface area contributed by atoms with E-state index in [1.165, 1.54) is 15.8 Å². The van der Waals surface area contributed by atoms with Gasteiger partial charge in [0.1, 0.15) is 22.3 Å². The van der Waals surface area contributed by atoms with E-state index in [-0.39, 0.29) is 6.09 Å². The molecule has 26 heavy (non-hydrogen) atoms. The molecule has 0 unspecified atom stereocenters. The van der Waals surface area contributed by atoms with Crippen LogP contribution in [0.2, 0.25) is 0 Å². The predicted octanol–water partition coefficient (Wildman–Crippen LogP) is 3.69. The number of carbonyl (C=O) groups excluding carboxylic acids is 1. The molecule has 0 radical (unpaired) electrons. The van der Waals surface area contributed by atoms with Crippen molar-refractivity contribution < 1.29 is 9.53 Å². The molecule has 0 saturated carbocycles. The molecule has 0 N–H and O–H groups in total. The number of carbonyl (C=O) groups is 1. The van der Waals surface area contributed by atoms with E-state index in [1.807, 2.05) is 0 Å². The molecular formula is C18H26N4O2S2. The molecule has 3 rings (SSSR count). The first-order valence-corrected chi connectivity index (χ1v) is 10.9. The highest BCUT2D eigenvalue weighted by atomic mass is 32.2. The number of fused-ring (bicyclic) bond motifs is 1. The zero-order valence-electron chi connectivity index (χ0n) is 15.9. The molecule has 2 aromatic rings. The highest BCUT2D eigenvalue weighted by Gasteiger charge is 2.22. The second-order valence-corrected chi connectivity index (χ2v) is 8.61. The molecule has 0 spiro atoms. The van der Waals surface area contributed by atoms with E-state index in [0.29, 0.717) is 19.7 Å². The number of hydrogen-bond donors (Lipinski definition) is 0. The smallest absolute Gasteiger partial charge is 0.409 e. The lowest BCUT2D eigenvalue weighted by Gasteiger charge is -2.17. The molecular weight excluding hydrogens is 368 g/mol. The molecule has 0 atom stereocenters. The van der Waals surface area contributed by atoms with Gasteiger partial charge >= 0.3 is 6.09 Å². The normalized spacial score (nSPS) is 14.7. The molecule has 3 heterocycles. The quantitative estimate of drug-likeness (QED) is 0.503. The average molecular weight is 395 g/mol. The Balaban J connectivity index is 1.82. The summed E-state index contributed by atoms with van der Waals surface area (Å²) >= 11 is 3.45. The maximum Gasteiger partial charge on any atom is 0.409 e. The average Bonchev–Trinajstić information content (AvgIpc) is 3.16. The lowest BCUT2D eigenvalue weighted by atomic mass is 10.2. The van der Waals surface area contributed by atoms with Gasteiger partial charge in [0.2, 0.25) is 0 Å². The number of aromatic nitrogens is 2.